The van der Waals surface area contributed by atoms with Gasteiger partial charge in [0.2, 0.25) is 0 Å². The van der Waals surface area contributed by atoms with Crippen LogP contribution in [-0.2, 0) is 26.8 Å². The van der Waals surface area contributed by atoms with Gasteiger partial charge in [-0.05, 0) is 17.7 Å². The minimum Gasteiger partial charge on any atom is -0.292 e. The fraction of sp³-hybridized carbons (Fsp3) is 0.235. The van der Waals surface area contributed by atoms with E-state index < -0.39 is 40.3 Å². The lowest BCUT2D eigenvalue weighted by atomic mass is 10.1. The van der Waals surface area contributed by atoms with Crippen molar-refractivity contribution in [3.63, 3.8) is 0 Å². The third-order valence-corrected chi connectivity index (χ3v) is 4.35. The molecule has 3 aromatic rings. The second kappa shape index (κ2) is 7.14. The Balaban J connectivity index is 2.26. The number of benzene rings is 1. The van der Waals surface area contributed by atoms with Crippen LogP contribution in [0.2, 0.25) is 0 Å². The van der Waals surface area contributed by atoms with E-state index in [4.69, 9.17) is 0 Å². The molecule has 0 aliphatic rings. The quantitative estimate of drug-likeness (QED) is 0.570. The summed E-state index contributed by atoms with van der Waals surface area (Å²) in [6.07, 6.45) is -3.77. The summed E-state index contributed by atoms with van der Waals surface area (Å²) in [5.74, 6) is -1.18. The van der Waals surface area contributed by atoms with Crippen LogP contribution in [0.5, 0.6) is 0 Å². The number of alkyl halides is 3. The summed E-state index contributed by atoms with van der Waals surface area (Å²) in [6.45, 7) is -0.300. The summed E-state index contributed by atoms with van der Waals surface area (Å²) < 4.78 is 56.1. The van der Waals surface area contributed by atoms with Crippen molar-refractivity contribution in [3.05, 3.63) is 78.5 Å². The van der Waals surface area contributed by atoms with Crippen molar-refractivity contribution in [3.8, 4) is 11.8 Å². The van der Waals surface area contributed by atoms with Crippen molar-refractivity contribution < 1.29 is 17.6 Å². The summed E-state index contributed by atoms with van der Waals surface area (Å²) in [5, 5.41) is 13.1. The Bertz CT molecular complexity index is 1370. The molecule has 0 bridgehead atoms. The summed E-state index contributed by atoms with van der Waals surface area (Å²) in [5.41, 5.74) is -5.72. The van der Waals surface area contributed by atoms with Crippen molar-refractivity contribution in [2.24, 2.45) is 14.1 Å². The van der Waals surface area contributed by atoms with Crippen LogP contribution in [0.3, 0.4) is 0 Å². The highest BCUT2D eigenvalue weighted by Crippen LogP contribution is 2.27. The fourth-order valence-corrected chi connectivity index (χ4v) is 2.82. The standard InChI is InChI=1S/C17H12F4N6O3/c1-24-8-23-26(15(24)29)7-10-4-12(11(18)3-9(10)6-22)27-14(28)5-13(17(19,20)21)25(2)16(27)30/h3-5,8H,7H2,1-2H3. The smallest absolute Gasteiger partial charge is 0.292 e. The van der Waals surface area contributed by atoms with E-state index in [1.807, 2.05) is 0 Å². The number of hydrogen-bond donors (Lipinski definition) is 0. The van der Waals surface area contributed by atoms with Gasteiger partial charge in [-0.3, -0.25) is 13.9 Å². The molecule has 2 heterocycles. The molecule has 0 saturated carbocycles. The Hall–Kier alpha value is -3.95. The van der Waals surface area contributed by atoms with E-state index in [1.54, 1.807) is 6.07 Å². The van der Waals surface area contributed by atoms with Crippen LogP contribution in [0.15, 0.2) is 38.9 Å². The zero-order valence-electron chi connectivity index (χ0n) is 15.4. The molecule has 0 fully saturated rings. The molecule has 2 aromatic heterocycles. The van der Waals surface area contributed by atoms with Gasteiger partial charge in [-0.25, -0.2) is 23.2 Å². The lowest BCUT2D eigenvalue weighted by Gasteiger charge is -2.15. The molecule has 3 rings (SSSR count). The molecule has 0 aliphatic carbocycles. The number of aryl methyl sites for hydroxylation is 1. The highest BCUT2D eigenvalue weighted by Gasteiger charge is 2.35. The fourth-order valence-electron chi connectivity index (χ4n) is 2.82. The number of nitriles is 1. The summed E-state index contributed by atoms with van der Waals surface area (Å²) >= 11 is 0. The topological polar surface area (TPSA) is 108 Å². The Morgan fingerprint density at radius 1 is 1.10 bits per heavy atom. The third-order valence-electron chi connectivity index (χ3n) is 4.35. The van der Waals surface area contributed by atoms with Crippen LogP contribution in [0.25, 0.3) is 5.69 Å². The van der Waals surface area contributed by atoms with Crippen LogP contribution in [-0.4, -0.2) is 23.5 Å². The first-order valence-corrected chi connectivity index (χ1v) is 8.17. The predicted molar refractivity (Wildman–Crippen MR) is 93.5 cm³/mol. The lowest BCUT2D eigenvalue weighted by molar-refractivity contribution is -0.144. The average molecular weight is 424 g/mol. The molecule has 30 heavy (non-hydrogen) atoms. The monoisotopic (exact) mass is 424 g/mol. The molecule has 156 valence electrons. The highest BCUT2D eigenvalue weighted by molar-refractivity contribution is 5.47. The molecule has 0 spiro atoms. The van der Waals surface area contributed by atoms with E-state index in [0.29, 0.717) is 0 Å². The molecular formula is C17H12F4N6O3. The molecule has 0 radical (unpaired) electrons. The Kier molecular flexibility index (Phi) is 4.94. The van der Waals surface area contributed by atoms with Crippen LogP contribution < -0.4 is 16.9 Å². The highest BCUT2D eigenvalue weighted by atomic mass is 19.4. The van der Waals surface area contributed by atoms with E-state index in [1.165, 1.54) is 13.4 Å². The first-order chi connectivity index (χ1) is 14.0. The average Bonchev–Trinajstić information content (AvgIpc) is 2.98. The van der Waals surface area contributed by atoms with E-state index in [0.717, 1.165) is 28.4 Å². The van der Waals surface area contributed by atoms with Gasteiger partial charge < -0.3 is 0 Å². The van der Waals surface area contributed by atoms with Crippen LogP contribution in [0, 0.1) is 17.1 Å². The van der Waals surface area contributed by atoms with Crippen molar-refractivity contribution >= 4 is 0 Å². The maximum Gasteiger partial charge on any atom is 0.431 e. The van der Waals surface area contributed by atoms with Gasteiger partial charge in [0.1, 0.15) is 17.8 Å². The minimum atomic E-state index is -4.97. The predicted octanol–water partition coefficient (Wildman–Crippen LogP) is 0.509. The van der Waals surface area contributed by atoms with Crippen molar-refractivity contribution in [1.82, 2.24) is 23.5 Å². The summed E-state index contributed by atoms with van der Waals surface area (Å²) in [7, 11) is 2.22. The second-order valence-corrected chi connectivity index (χ2v) is 6.30. The number of aromatic nitrogens is 5. The normalized spacial score (nSPS) is 11.5. The van der Waals surface area contributed by atoms with Gasteiger partial charge in [0.25, 0.3) is 5.56 Å². The molecular weight excluding hydrogens is 412 g/mol. The van der Waals surface area contributed by atoms with E-state index in [-0.39, 0.29) is 32.9 Å². The van der Waals surface area contributed by atoms with Crippen LogP contribution in [0.4, 0.5) is 17.6 Å². The molecule has 0 aliphatic heterocycles. The molecule has 0 N–H and O–H groups in total. The van der Waals surface area contributed by atoms with Gasteiger partial charge in [0.05, 0.1) is 23.9 Å². The van der Waals surface area contributed by atoms with Crippen LogP contribution >= 0.6 is 0 Å². The first kappa shape index (κ1) is 20.8. The number of rotatable bonds is 3. The van der Waals surface area contributed by atoms with Gasteiger partial charge >= 0.3 is 17.6 Å². The molecule has 13 heteroatoms. The zero-order chi connectivity index (χ0) is 22.4. The van der Waals surface area contributed by atoms with Crippen molar-refractivity contribution in [2.75, 3.05) is 0 Å². The summed E-state index contributed by atoms with van der Waals surface area (Å²) in [4.78, 5) is 36.6. The number of nitrogens with zero attached hydrogens (tertiary/aromatic N) is 6. The Morgan fingerprint density at radius 2 is 1.77 bits per heavy atom. The van der Waals surface area contributed by atoms with Gasteiger partial charge in [-0.15, -0.1) is 0 Å². The molecule has 0 unspecified atom stereocenters. The van der Waals surface area contributed by atoms with Gasteiger partial charge in [0.15, 0.2) is 0 Å². The third kappa shape index (κ3) is 3.43. The Morgan fingerprint density at radius 3 is 2.30 bits per heavy atom. The maximum absolute atomic E-state index is 14.6. The molecule has 0 saturated heterocycles. The van der Waals surface area contributed by atoms with Gasteiger partial charge in [0, 0.05) is 20.2 Å². The number of halogens is 4. The van der Waals surface area contributed by atoms with E-state index >= 15 is 0 Å². The molecule has 9 nitrogen and oxygen atoms in total. The van der Waals surface area contributed by atoms with E-state index in [9.17, 15) is 37.2 Å². The SMILES string of the molecule is Cn1cnn(Cc2cc(-n3c(=O)cc(C(F)(F)F)n(C)c3=O)c(F)cc2C#N)c1=O. The van der Waals surface area contributed by atoms with Crippen LogP contribution in [0.1, 0.15) is 16.8 Å². The minimum absolute atomic E-state index is 0.0311. The molecule has 1 aromatic carbocycles. The zero-order valence-corrected chi connectivity index (χ0v) is 15.4. The molecule has 0 atom stereocenters. The largest absolute Gasteiger partial charge is 0.431 e. The maximum atomic E-state index is 14.6. The molecule has 0 amide bonds. The lowest BCUT2D eigenvalue weighted by Crippen LogP contribution is -2.41. The second-order valence-electron chi connectivity index (χ2n) is 6.30. The number of hydrogen-bond acceptors (Lipinski definition) is 5. The van der Waals surface area contributed by atoms with Gasteiger partial charge in [-0.2, -0.15) is 23.5 Å². The van der Waals surface area contributed by atoms with Gasteiger partial charge in [-0.1, -0.05) is 0 Å². The van der Waals surface area contributed by atoms with Crippen molar-refractivity contribution in [1.29, 1.82) is 5.26 Å². The first-order valence-electron chi connectivity index (χ1n) is 8.17. The Labute approximate surface area is 164 Å². The van der Waals surface area contributed by atoms with Crippen molar-refractivity contribution in [2.45, 2.75) is 12.7 Å². The summed E-state index contributed by atoms with van der Waals surface area (Å²) in [6, 6.07) is 3.56. The van der Waals surface area contributed by atoms with E-state index in [2.05, 4.69) is 5.10 Å².